The molecule has 1 aromatic rings. The largest absolute Gasteiger partial charge is 0.506 e. The first kappa shape index (κ1) is 15.3. The highest BCUT2D eigenvalue weighted by Gasteiger charge is 2.52. The highest BCUT2D eigenvalue weighted by atomic mass is 16.3. The molecule has 7 nitrogen and oxygen atoms in total. The lowest BCUT2D eigenvalue weighted by molar-refractivity contribution is -0.133. The fourth-order valence-electron chi connectivity index (χ4n) is 3.22. The predicted molar refractivity (Wildman–Crippen MR) is 82.9 cm³/mol. The van der Waals surface area contributed by atoms with E-state index in [0.29, 0.717) is 12.8 Å². The fourth-order valence-corrected chi connectivity index (χ4v) is 3.22. The van der Waals surface area contributed by atoms with Crippen molar-refractivity contribution in [2.24, 2.45) is 0 Å². The Balaban J connectivity index is 1.68. The van der Waals surface area contributed by atoms with E-state index in [1.807, 2.05) is 6.92 Å². The number of phenolic OH excluding ortho intramolecular Hbond substituents is 1. The molecule has 2 aliphatic rings. The molecule has 3 rings (SSSR count). The molecule has 7 heteroatoms. The van der Waals surface area contributed by atoms with Crippen LogP contribution in [-0.2, 0) is 9.59 Å². The Labute approximate surface area is 133 Å². The van der Waals surface area contributed by atoms with Gasteiger partial charge in [-0.05, 0) is 37.5 Å². The summed E-state index contributed by atoms with van der Waals surface area (Å²) in [5.74, 6) is -0.909. The van der Waals surface area contributed by atoms with Crippen molar-refractivity contribution in [3.8, 4) is 5.75 Å². The van der Waals surface area contributed by atoms with Crippen molar-refractivity contribution in [3.63, 3.8) is 0 Å². The summed E-state index contributed by atoms with van der Waals surface area (Å²) in [5.41, 5.74) is 0.296. The zero-order valence-electron chi connectivity index (χ0n) is 12.9. The van der Waals surface area contributed by atoms with Gasteiger partial charge in [0.15, 0.2) is 0 Å². The quantitative estimate of drug-likeness (QED) is 0.581. The number of aromatic hydroxyl groups is 1. The number of aryl methyl sites for hydroxylation is 1. The average molecular weight is 317 g/mol. The Morgan fingerprint density at radius 3 is 2.70 bits per heavy atom. The Kier molecular flexibility index (Phi) is 3.71. The van der Waals surface area contributed by atoms with Crippen molar-refractivity contribution in [2.75, 3.05) is 11.9 Å². The number of benzene rings is 1. The number of carbonyl (C=O) groups excluding carboxylic acids is 3. The molecule has 0 unspecified atom stereocenters. The molecule has 3 N–H and O–H groups in total. The molecule has 0 atom stereocenters. The maximum absolute atomic E-state index is 12.5. The van der Waals surface area contributed by atoms with Gasteiger partial charge in [-0.1, -0.05) is 18.9 Å². The van der Waals surface area contributed by atoms with Gasteiger partial charge in [0.25, 0.3) is 5.91 Å². The molecular formula is C16H19N3O4. The van der Waals surface area contributed by atoms with Crippen molar-refractivity contribution < 1.29 is 19.5 Å². The van der Waals surface area contributed by atoms with Crippen LogP contribution >= 0.6 is 0 Å². The summed E-state index contributed by atoms with van der Waals surface area (Å²) in [6.07, 6.45) is 3.02. The van der Waals surface area contributed by atoms with E-state index < -0.39 is 17.5 Å². The molecular weight excluding hydrogens is 298 g/mol. The second kappa shape index (κ2) is 5.57. The summed E-state index contributed by atoms with van der Waals surface area (Å²) in [4.78, 5) is 37.5. The summed E-state index contributed by atoms with van der Waals surface area (Å²) < 4.78 is 0. The Morgan fingerprint density at radius 1 is 1.35 bits per heavy atom. The summed E-state index contributed by atoms with van der Waals surface area (Å²) in [5, 5.41) is 15.0. The van der Waals surface area contributed by atoms with Crippen LogP contribution in [0.1, 0.15) is 31.2 Å². The molecule has 0 radical (unpaired) electrons. The van der Waals surface area contributed by atoms with Crippen LogP contribution in [-0.4, -0.2) is 39.9 Å². The molecule has 1 saturated carbocycles. The van der Waals surface area contributed by atoms with Gasteiger partial charge in [0.05, 0.1) is 5.69 Å². The lowest BCUT2D eigenvalue weighted by atomic mass is 9.98. The summed E-state index contributed by atoms with van der Waals surface area (Å²) in [6, 6.07) is 4.32. The SMILES string of the molecule is Cc1ccc(NC(=O)CN2C(=O)NC3(CCCC3)C2=O)c(O)c1. The normalized spacial score (nSPS) is 19.3. The molecule has 4 amide bonds. The van der Waals surface area contributed by atoms with Gasteiger partial charge in [-0.2, -0.15) is 0 Å². The molecule has 23 heavy (non-hydrogen) atoms. The Bertz CT molecular complexity index is 680. The number of anilines is 1. The maximum atomic E-state index is 12.5. The topological polar surface area (TPSA) is 98.7 Å². The van der Waals surface area contributed by atoms with Crippen molar-refractivity contribution in [2.45, 2.75) is 38.1 Å². The molecule has 122 valence electrons. The summed E-state index contributed by atoms with van der Waals surface area (Å²) >= 11 is 0. The number of hydrogen-bond donors (Lipinski definition) is 3. The van der Waals surface area contributed by atoms with E-state index in [-0.39, 0.29) is 23.9 Å². The monoisotopic (exact) mass is 317 g/mol. The second-order valence-electron chi connectivity index (χ2n) is 6.18. The van der Waals surface area contributed by atoms with E-state index in [2.05, 4.69) is 10.6 Å². The van der Waals surface area contributed by atoms with E-state index in [4.69, 9.17) is 0 Å². The van der Waals surface area contributed by atoms with Crippen molar-refractivity contribution in [1.82, 2.24) is 10.2 Å². The van der Waals surface area contributed by atoms with Crippen LogP contribution in [0.4, 0.5) is 10.5 Å². The van der Waals surface area contributed by atoms with E-state index in [1.54, 1.807) is 12.1 Å². The van der Waals surface area contributed by atoms with E-state index in [0.717, 1.165) is 23.3 Å². The highest BCUT2D eigenvalue weighted by molar-refractivity contribution is 6.10. The zero-order chi connectivity index (χ0) is 16.6. The van der Waals surface area contributed by atoms with Crippen LogP contribution in [0.15, 0.2) is 18.2 Å². The number of hydrogen-bond acceptors (Lipinski definition) is 4. The number of nitrogens with one attached hydrogen (secondary N) is 2. The van der Waals surface area contributed by atoms with Crippen LogP contribution in [0.25, 0.3) is 0 Å². The van der Waals surface area contributed by atoms with E-state index in [9.17, 15) is 19.5 Å². The standard InChI is InChI=1S/C16H19N3O4/c1-10-4-5-11(12(20)8-10)17-13(21)9-19-14(22)16(18-15(19)23)6-2-3-7-16/h4-5,8,20H,2-3,6-7,9H2,1H3,(H,17,21)(H,18,23). The highest BCUT2D eigenvalue weighted by Crippen LogP contribution is 2.35. The zero-order valence-corrected chi connectivity index (χ0v) is 12.9. The number of amides is 4. The van der Waals surface area contributed by atoms with Gasteiger partial charge in [0.2, 0.25) is 5.91 Å². The van der Waals surface area contributed by atoms with Gasteiger partial charge in [0, 0.05) is 0 Å². The smallest absolute Gasteiger partial charge is 0.325 e. The third kappa shape index (κ3) is 2.74. The first-order chi connectivity index (χ1) is 10.9. The maximum Gasteiger partial charge on any atom is 0.325 e. The van der Waals surface area contributed by atoms with Crippen LogP contribution in [0.5, 0.6) is 5.75 Å². The van der Waals surface area contributed by atoms with Gasteiger partial charge < -0.3 is 15.7 Å². The van der Waals surface area contributed by atoms with Gasteiger partial charge >= 0.3 is 6.03 Å². The lowest BCUT2D eigenvalue weighted by Gasteiger charge is -2.19. The number of urea groups is 1. The average Bonchev–Trinajstić information content (AvgIpc) is 3.04. The second-order valence-corrected chi connectivity index (χ2v) is 6.18. The fraction of sp³-hybridized carbons (Fsp3) is 0.438. The Morgan fingerprint density at radius 2 is 2.04 bits per heavy atom. The van der Waals surface area contributed by atoms with E-state index >= 15 is 0 Å². The molecule has 1 saturated heterocycles. The Hall–Kier alpha value is -2.57. The van der Waals surface area contributed by atoms with Gasteiger partial charge in [-0.3, -0.25) is 14.5 Å². The molecule has 1 aromatic carbocycles. The van der Waals surface area contributed by atoms with Crippen molar-refractivity contribution in [3.05, 3.63) is 23.8 Å². The first-order valence-electron chi connectivity index (χ1n) is 7.65. The van der Waals surface area contributed by atoms with Gasteiger partial charge in [0.1, 0.15) is 17.8 Å². The minimum atomic E-state index is -0.816. The minimum Gasteiger partial charge on any atom is -0.506 e. The van der Waals surface area contributed by atoms with Gasteiger partial charge in [-0.25, -0.2) is 4.79 Å². The van der Waals surface area contributed by atoms with Crippen LogP contribution in [0.3, 0.4) is 0 Å². The van der Waals surface area contributed by atoms with E-state index in [1.165, 1.54) is 6.07 Å². The van der Waals surface area contributed by atoms with Crippen LogP contribution < -0.4 is 10.6 Å². The molecule has 1 heterocycles. The molecule has 1 spiro atoms. The molecule has 1 aliphatic heterocycles. The summed E-state index contributed by atoms with van der Waals surface area (Å²) in [6.45, 7) is 1.46. The van der Waals surface area contributed by atoms with Crippen LogP contribution in [0, 0.1) is 6.92 Å². The third-order valence-electron chi connectivity index (χ3n) is 4.43. The number of carbonyl (C=O) groups is 3. The number of nitrogens with zero attached hydrogens (tertiary/aromatic N) is 1. The number of imide groups is 1. The number of phenols is 1. The van der Waals surface area contributed by atoms with Crippen LogP contribution in [0.2, 0.25) is 0 Å². The first-order valence-corrected chi connectivity index (χ1v) is 7.65. The van der Waals surface area contributed by atoms with Crippen molar-refractivity contribution >= 4 is 23.5 Å². The molecule has 0 aromatic heterocycles. The third-order valence-corrected chi connectivity index (χ3v) is 4.43. The predicted octanol–water partition coefficient (Wildman–Crippen LogP) is 1.50. The number of rotatable bonds is 3. The van der Waals surface area contributed by atoms with Gasteiger partial charge in [-0.15, -0.1) is 0 Å². The minimum absolute atomic E-state index is 0.0530. The lowest BCUT2D eigenvalue weighted by Crippen LogP contribution is -2.44. The molecule has 2 fully saturated rings. The summed E-state index contributed by atoms with van der Waals surface area (Å²) in [7, 11) is 0. The molecule has 0 bridgehead atoms. The van der Waals surface area contributed by atoms with Crippen molar-refractivity contribution in [1.29, 1.82) is 0 Å². The molecule has 1 aliphatic carbocycles.